The monoisotopic (exact) mass is 394 g/mol. The van der Waals surface area contributed by atoms with Gasteiger partial charge in [-0.25, -0.2) is 8.42 Å². The van der Waals surface area contributed by atoms with Gasteiger partial charge in [0.1, 0.15) is 4.90 Å². The van der Waals surface area contributed by atoms with Crippen molar-refractivity contribution in [1.29, 1.82) is 0 Å². The molecule has 0 aliphatic carbocycles. The number of hydrogen-bond acceptors (Lipinski definition) is 3. The Bertz CT molecular complexity index is 599. The summed E-state index contributed by atoms with van der Waals surface area (Å²) < 4.78 is 27.6. The van der Waals surface area contributed by atoms with E-state index in [0.29, 0.717) is 19.0 Å². The second-order valence-electron chi connectivity index (χ2n) is 5.67. The highest BCUT2D eigenvalue weighted by molar-refractivity contribution is 9.10. The number of hydrogen-bond donors (Lipinski definition) is 0. The predicted molar refractivity (Wildman–Crippen MR) is 89.2 cm³/mol. The van der Waals surface area contributed by atoms with Crippen molar-refractivity contribution < 1.29 is 8.42 Å². The first-order valence-corrected chi connectivity index (χ1v) is 9.59. The van der Waals surface area contributed by atoms with Crippen molar-refractivity contribution in [2.75, 3.05) is 32.7 Å². The molecule has 1 aromatic rings. The molecule has 1 fully saturated rings. The molecule has 1 heterocycles. The van der Waals surface area contributed by atoms with E-state index >= 15 is 0 Å². The summed E-state index contributed by atoms with van der Waals surface area (Å²) in [6.45, 7) is 7.92. The minimum absolute atomic E-state index is 0.185. The fourth-order valence-electron chi connectivity index (χ4n) is 2.49. The third kappa shape index (κ3) is 4.20. The Morgan fingerprint density at radius 3 is 2.38 bits per heavy atom. The lowest BCUT2D eigenvalue weighted by Gasteiger charge is -2.34. The summed E-state index contributed by atoms with van der Waals surface area (Å²) in [5.74, 6) is 0.592. The maximum Gasteiger partial charge on any atom is 0.244 e. The first kappa shape index (κ1) is 17.2. The highest BCUT2D eigenvalue weighted by atomic mass is 79.9. The van der Waals surface area contributed by atoms with Crippen molar-refractivity contribution >= 4 is 37.6 Å². The standard InChI is InChI=1S/C14H20BrClN2O2S/c1-11(2)10-17-5-7-18(8-6-17)21(19,20)14-4-3-12(15)9-13(14)16/h3-4,9,11H,5-8,10H2,1-2H3. The van der Waals surface area contributed by atoms with Gasteiger partial charge in [-0.05, 0) is 24.1 Å². The molecule has 0 amide bonds. The van der Waals surface area contributed by atoms with Crippen molar-refractivity contribution in [3.8, 4) is 0 Å². The van der Waals surface area contributed by atoms with E-state index in [2.05, 4.69) is 34.7 Å². The fraction of sp³-hybridized carbons (Fsp3) is 0.571. The van der Waals surface area contributed by atoms with Crippen LogP contribution in [0, 0.1) is 5.92 Å². The molecule has 0 spiro atoms. The topological polar surface area (TPSA) is 40.6 Å². The number of benzene rings is 1. The molecule has 4 nitrogen and oxygen atoms in total. The lowest BCUT2D eigenvalue weighted by atomic mass is 10.2. The molecule has 0 bridgehead atoms. The molecule has 0 atom stereocenters. The lowest BCUT2D eigenvalue weighted by Crippen LogP contribution is -2.49. The highest BCUT2D eigenvalue weighted by Gasteiger charge is 2.30. The molecule has 0 radical (unpaired) electrons. The van der Waals surface area contributed by atoms with Gasteiger partial charge in [0.15, 0.2) is 0 Å². The predicted octanol–water partition coefficient (Wildman–Crippen LogP) is 3.06. The zero-order chi connectivity index (χ0) is 15.6. The Morgan fingerprint density at radius 1 is 1.24 bits per heavy atom. The number of sulfonamides is 1. The number of piperazine rings is 1. The maximum absolute atomic E-state index is 12.7. The van der Waals surface area contributed by atoms with Crippen molar-refractivity contribution in [2.45, 2.75) is 18.7 Å². The molecule has 7 heteroatoms. The van der Waals surface area contributed by atoms with Crippen LogP contribution in [0.1, 0.15) is 13.8 Å². The molecule has 1 aliphatic heterocycles. The van der Waals surface area contributed by atoms with E-state index < -0.39 is 10.0 Å². The largest absolute Gasteiger partial charge is 0.300 e. The maximum atomic E-state index is 12.7. The SMILES string of the molecule is CC(C)CN1CCN(S(=O)(=O)c2ccc(Br)cc2Cl)CC1. The summed E-state index contributed by atoms with van der Waals surface area (Å²) in [4.78, 5) is 2.49. The van der Waals surface area contributed by atoms with Crippen molar-refractivity contribution in [3.63, 3.8) is 0 Å². The van der Waals surface area contributed by atoms with Crippen LogP contribution in [0.3, 0.4) is 0 Å². The Morgan fingerprint density at radius 2 is 1.86 bits per heavy atom. The van der Waals surface area contributed by atoms with Gasteiger partial charge in [-0.15, -0.1) is 0 Å². The van der Waals surface area contributed by atoms with Gasteiger partial charge in [0.05, 0.1) is 5.02 Å². The summed E-state index contributed by atoms with van der Waals surface area (Å²) in [7, 11) is -3.51. The minimum Gasteiger partial charge on any atom is -0.300 e. The van der Waals surface area contributed by atoms with Crippen LogP contribution in [-0.2, 0) is 10.0 Å². The minimum atomic E-state index is -3.51. The van der Waals surface area contributed by atoms with E-state index in [-0.39, 0.29) is 9.92 Å². The van der Waals surface area contributed by atoms with E-state index in [1.54, 1.807) is 18.2 Å². The first-order valence-electron chi connectivity index (χ1n) is 6.98. The quantitative estimate of drug-likeness (QED) is 0.786. The zero-order valence-electron chi connectivity index (χ0n) is 12.2. The molecule has 0 saturated carbocycles. The molecule has 1 aromatic carbocycles. The smallest absolute Gasteiger partial charge is 0.244 e. The molecule has 0 aromatic heterocycles. The molecular weight excluding hydrogens is 376 g/mol. The van der Waals surface area contributed by atoms with Gasteiger partial charge >= 0.3 is 0 Å². The van der Waals surface area contributed by atoms with Gasteiger partial charge in [-0.2, -0.15) is 4.31 Å². The Kier molecular flexibility index (Phi) is 5.71. The molecule has 0 N–H and O–H groups in total. The van der Waals surface area contributed by atoms with E-state index in [1.807, 2.05) is 0 Å². The van der Waals surface area contributed by atoms with Crippen LogP contribution in [0.5, 0.6) is 0 Å². The molecule has 2 rings (SSSR count). The average Bonchev–Trinajstić information content (AvgIpc) is 2.38. The zero-order valence-corrected chi connectivity index (χ0v) is 15.4. The summed E-state index contributed by atoms with van der Waals surface area (Å²) in [5.41, 5.74) is 0. The van der Waals surface area contributed by atoms with E-state index in [1.165, 1.54) is 4.31 Å². The lowest BCUT2D eigenvalue weighted by molar-refractivity contribution is 0.172. The summed E-state index contributed by atoms with van der Waals surface area (Å²) in [5, 5.41) is 0.258. The van der Waals surface area contributed by atoms with Crippen molar-refractivity contribution in [2.24, 2.45) is 5.92 Å². The van der Waals surface area contributed by atoms with Crippen LogP contribution in [0.15, 0.2) is 27.6 Å². The summed E-state index contributed by atoms with van der Waals surface area (Å²) in [6, 6.07) is 4.87. The molecule has 118 valence electrons. The van der Waals surface area contributed by atoms with Gasteiger partial charge in [0, 0.05) is 37.2 Å². The normalized spacial score (nSPS) is 18.3. The Balaban J connectivity index is 2.11. The van der Waals surface area contributed by atoms with E-state index in [0.717, 1.165) is 24.1 Å². The van der Waals surface area contributed by atoms with Crippen LogP contribution < -0.4 is 0 Å². The molecule has 0 unspecified atom stereocenters. The second-order valence-corrected chi connectivity index (χ2v) is 8.90. The number of nitrogens with zero attached hydrogens (tertiary/aromatic N) is 2. The van der Waals surface area contributed by atoms with Crippen molar-refractivity contribution in [3.05, 3.63) is 27.7 Å². The van der Waals surface area contributed by atoms with Crippen molar-refractivity contribution in [1.82, 2.24) is 9.21 Å². The van der Waals surface area contributed by atoms with Gasteiger partial charge in [0.2, 0.25) is 10.0 Å². The van der Waals surface area contributed by atoms with Crippen LogP contribution in [0.2, 0.25) is 5.02 Å². The third-order valence-corrected chi connectivity index (χ3v) is 6.34. The highest BCUT2D eigenvalue weighted by Crippen LogP contribution is 2.28. The third-order valence-electron chi connectivity index (χ3n) is 3.47. The van der Waals surface area contributed by atoms with Crippen LogP contribution in [-0.4, -0.2) is 50.3 Å². The van der Waals surface area contributed by atoms with Crippen LogP contribution >= 0.6 is 27.5 Å². The summed E-state index contributed by atoms with van der Waals surface area (Å²) >= 11 is 9.37. The van der Waals surface area contributed by atoms with Gasteiger partial charge < -0.3 is 4.90 Å². The summed E-state index contributed by atoms with van der Waals surface area (Å²) in [6.07, 6.45) is 0. The molecule has 21 heavy (non-hydrogen) atoms. The van der Waals surface area contributed by atoms with Crippen LogP contribution in [0.25, 0.3) is 0 Å². The van der Waals surface area contributed by atoms with Gasteiger partial charge in [0.25, 0.3) is 0 Å². The van der Waals surface area contributed by atoms with Gasteiger partial charge in [-0.1, -0.05) is 41.4 Å². The molecular formula is C14H20BrClN2O2S. The average molecular weight is 396 g/mol. The Labute approximate surface area is 140 Å². The van der Waals surface area contributed by atoms with Crippen LogP contribution in [0.4, 0.5) is 0 Å². The number of rotatable bonds is 4. The van der Waals surface area contributed by atoms with E-state index in [9.17, 15) is 8.42 Å². The van der Waals surface area contributed by atoms with E-state index in [4.69, 9.17) is 11.6 Å². The second kappa shape index (κ2) is 6.96. The molecule has 1 aliphatic rings. The molecule has 1 saturated heterocycles. The first-order chi connectivity index (χ1) is 9.80. The van der Waals surface area contributed by atoms with Gasteiger partial charge in [-0.3, -0.25) is 0 Å². The Hall–Kier alpha value is -0.140. The fourth-order valence-corrected chi connectivity index (χ4v) is 4.93. The number of halogens is 2.